The van der Waals surface area contributed by atoms with Crippen LogP contribution in [-0.4, -0.2) is 18.5 Å². The predicted octanol–water partition coefficient (Wildman–Crippen LogP) is 3.08. The summed E-state index contributed by atoms with van der Waals surface area (Å²) in [5.41, 5.74) is 0.618. The fourth-order valence-corrected chi connectivity index (χ4v) is 2.15. The van der Waals surface area contributed by atoms with Gasteiger partial charge in [0.05, 0.1) is 17.7 Å². The molecule has 0 aromatic heterocycles. The second-order valence-electron chi connectivity index (χ2n) is 4.74. The van der Waals surface area contributed by atoms with Gasteiger partial charge in [0.2, 0.25) is 0 Å². The largest absolute Gasteiger partial charge is 0.455 e. The Bertz CT molecular complexity index is 797. The Hall–Kier alpha value is -2.91. The van der Waals surface area contributed by atoms with Gasteiger partial charge in [0.1, 0.15) is 11.9 Å². The Kier molecular flexibility index (Phi) is 5.88. The number of nitrogens with one attached hydrogen (secondary N) is 1. The molecule has 1 amide bonds. The summed E-state index contributed by atoms with van der Waals surface area (Å²) in [5.74, 6) is -2.01. The first-order valence-corrected chi connectivity index (χ1v) is 7.26. The molecule has 0 aliphatic carbocycles. The summed E-state index contributed by atoms with van der Waals surface area (Å²) in [5, 5.41) is 11.5. The lowest BCUT2D eigenvalue weighted by atomic mass is 10.1. The van der Waals surface area contributed by atoms with Crippen molar-refractivity contribution in [2.45, 2.75) is 6.42 Å². The van der Waals surface area contributed by atoms with Crippen LogP contribution in [0.15, 0.2) is 42.5 Å². The van der Waals surface area contributed by atoms with E-state index in [1.165, 1.54) is 18.2 Å². The summed E-state index contributed by atoms with van der Waals surface area (Å²) in [7, 11) is 0. The van der Waals surface area contributed by atoms with E-state index in [0.29, 0.717) is 5.69 Å². The Morgan fingerprint density at radius 2 is 1.96 bits per heavy atom. The summed E-state index contributed by atoms with van der Waals surface area (Å²) in [4.78, 5) is 23.5. The fraction of sp³-hybridized carbons (Fsp3) is 0.118. The standard InChI is InChI=1S/C17H12ClFN2O3/c18-13-5-3-6-14(19)12(13)8-17(23)24-10-16(22)21-15-7-2-1-4-11(15)9-20/h1-7H,8,10H2,(H,21,22). The van der Waals surface area contributed by atoms with Crippen molar-refractivity contribution < 1.29 is 18.7 Å². The number of nitriles is 1. The van der Waals surface area contributed by atoms with E-state index in [1.807, 2.05) is 6.07 Å². The van der Waals surface area contributed by atoms with Gasteiger partial charge in [0.15, 0.2) is 6.61 Å². The first kappa shape index (κ1) is 17.4. The maximum Gasteiger partial charge on any atom is 0.310 e. The van der Waals surface area contributed by atoms with Crippen LogP contribution in [0.2, 0.25) is 5.02 Å². The smallest absolute Gasteiger partial charge is 0.310 e. The van der Waals surface area contributed by atoms with E-state index in [-0.39, 0.29) is 22.6 Å². The lowest BCUT2D eigenvalue weighted by Gasteiger charge is -2.08. The maximum absolute atomic E-state index is 13.6. The van der Waals surface area contributed by atoms with Gasteiger partial charge < -0.3 is 10.1 Å². The molecule has 2 rings (SSSR count). The van der Waals surface area contributed by atoms with Gasteiger partial charge in [-0.3, -0.25) is 9.59 Å². The van der Waals surface area contributed by atoms with E-state index in [4.69, 9.17) is 21.6 Å². The van der Waals surface area contributed by atoms with Gasteiger partial charge in [-0.05, 0) is 24.3 Å². The summed E-state index contributed by atoms with van der Waals surface area (Å²) >= 11 is 5.82. The summed E-state index contributed by atoms with van der Waals surface area (Å²) in [6.45, 7) is -0.551. The number of benzene rings is 2. The summed E-state index contributed by atoms with van der Waals surface area (Å²) < 4.78 is 18.4. The minimum atomic E-state index is -0.786. The highest BCUT2D eigenvalue weighted by molar-refractivity contribution is 6.31. The van der Waals surface area contributed by atoms with Gasteiger partial charge in [-0.1, -0.05) is 29.8 Å². The molecule has 0 radical (unpaired) electrons. The van der Waals surface area contributed by atoms with Crippen molar-refractivity contribution in [2.24, 2.45) is 0 Å². The number of halogens is 2. The average molecular weight is 347 g/mol. The summed E-state index contributed by atoms with van der Waals surface area (Å²) in [6.07, 6.45) is -0.381. The van der Waals surface area contributed by atoms with Gasteiger partial charge in [0.25, 0.3) is 5.91 Å². The first-order valence-electron chi connectivity index (χ1n) is 6.88. The van der Waals surface area contributed by atoms with Crippen molar-refractivity contribution in [3.05, 3.63) is 64.4 Å². The Balaban J connectivity index is 1.90. The number of hydrogen-bond donors (Lipinski definition) is 1. The molecule has 1 N–H and O–H groups in total. The van der Waals surface area contributed by atoms with Gasteiger partial charge in [-0.25, -0.2) is 4.39 Å². The van der Waals surface area contributed by atoms with Crippen LogP contribution in [-0.2, 0) is 20.7 Å². The molecule has 0 spiro atoms. The Morgan fingerprint density at radius 1 is 1.21 bits per heavy atom. The van der Waals surface area contributed by atoms with E-state index < -0.39 is 24.3 Å². The van der Waals surface area contributed by atoms with Crippen LogP contribution in [0.1, 0.15) is 11.1 Å². The zero-order chi connectivity index (χ0) is 17.5. The number of hydrogen-bond acceptors (Lipinski definition) is 4. The zero-order valence-corrected chi connectivity index (χ0v) is 13.1. The second-order valence-corrected chi connectivity index (χ2v) is 5.15. The van der Waals surface area contributed by atoms with Crippen LogP contribution in [0.4, 0.5) is 10.1 Å². The van der Waals surface area contributed by atoms with Gasteiger partial charge in [-0.15, -0.1) is 0 Å². The molecule has 0 heterocycles. The summed E-state index contributed by atoms with van der Waals surface area (Å²) in [6, 6.07) is 12.4. The van der Waals surface area contributed by atoms with Crippen molar-refractivity contribution in [3.63, 3.8) is 0 Å². The Labute approximate surface area is 142 Å². The normalized spacial score (nSPS) is 9.88. The van der Waals surface area contributed by atoms with Crippen molar-refractivity contribution in [2.75, 3.05) is 11.9 Å². The number of carbonyl (C=O) groups is 2. The zero-order valence-electron chi connectivity index (χ0n) is 12.4. The molecular formula is C17H12ClFN2O3. The lowest BCUT2D eigenvalue weighted by molar-refractivity contribution is -0.146. The van der Waals surface area contributed by atoms with Crippen LogP contribution >= 0.6 is 11.6 Å². The monoisotopic (exact) mass is 346 g/mol. The number of carbonyl (C=O) groups excluding carboxylic acids is 2. The van der Waals surface area contributed by atoms with Crippen molar-refractivity contribution >= 4 is 29.2 Å². The maximum atomic E-state index is 13.6. The molecule has 122 valence electrons. The number of nitrogens with zero attached hydrogens (tertiary/aromatic N) is 1. The topological polar surface area (TPSA) is 79.2 Å². The minimum Gasteiger partial charge on any atom is -0.455 e. The molecule has 2 aromatic carbocycles. The third-order valence-electron chi connectivity index (χ3n) is 3.07. The molecule has 0 saturated carbocycles. The second kappa shape index (κ2) is 8.09. The molecule has 0 aliphatic rings. The molecule has 0 aliphatic heterocycles. The quantitative estimate of drug-likeness (QED) is 0.844. The van der Waals surface area contributed by atoms with Crippen molar-refractivity contribution in [1.29, 1.82) is 5.26 Å². The lowest BCUT2D eigenvalue weighted by Crippen LogP contribution is -2.22. The van der Waals surface area contributed by atoms with E-state index >= 15 is 0 Å². The van der Waals surface area contributed by atoms with E-state index in [1.54, 1.807) is 24.3 Å². The van der Waals surface area contributed by atoms with Crippen LogP contribution in [0.3, 0.4) is 0 Å². The van der Waals surface area contributed by atoms with E-state index in [2.05, 4.69) is 5.32 Å². The first-order chi connectivity index (χ1) is 11.5. The molecule has 0 unspecified atom stereocenters. The van der Waals surface area contributed by atoms with Crippen LogP contribution in [0.25, 0.3) is 0 Å². The SMILES string of the molecule is N#Cc1ccccc1NC(=O)COC(=O)Cc1c(F)cccc1Cl. The van der Waals surface area contributed by atoms with Crippen molar-refractivity contribution in [3.8, 4) is 6.07 Å². The third kappa shape index (κ3) is 4.54. The van der Waals surface area contributed by atoms with Crippen LogP contribution in [0, 0.1) is 17.1 Å². The van der Waals surface area contributed by atoms with Crippen molar-refractivity contribution in [1.82, 2.24) is 0 Å². The molecular weight excluding hydrogens is 335 g/mol. The van der Waals surface area contributed by atoms with Gasteiger partial charge in [0, 0.05) is 10.6 Å². The predicted molar refractivity (Wildman–Crippen MR) is 85.9 cm³/mol. The van der Waals surface area contributed by atoms with Gasteiger partial charge >= 0.3 is 5.97 Å². The third-order valence-corrected chi connectivity index (χ3v) is 3.42. The van der Waals surface area contributed by atoms with Gasteiger partial charge in [-0.2, -0.15) is 5.26 Å². The van der Waals surface area contributed by atoms with Crippen LogP contribution < -0.4 is 5.32 Å². The highest BCUT2D eigenvalue weighted by atomic mass is 35.5. The Morgan fingerprint density at radius 3 is 2.67 bits per heavy atom. The highest BCUT2D eigenvalue weighted by Gasteiger charge is 2.14. The number of esters is 1. The highest BCUT2D eigenvalue weighted by Crippen LogP contribution is 2.19. The van der Waals surface area contributed by atoms with E-state index in [9.17, 15) is 14.0 Å². The molecule has 0 fully saturated rings. The number of para-hydroxylation sites is 1. The minimum absolute atomic E-state index is 0.0133. The molecule has 2 aromatic rings. The molecule has 0 bridgehead atoms. The average Bonchev–Trinajstić information content (AvgIpc) is 2.57. The molecule has 0 saturated heterocycles. The number of ether oxygens (including phenoxy) is 1. The molecule has 5 nitrogen and oxygen atoms in total. The number of amides is 1. The fourth-order valence-electron chi connectivity index (χ4n) is 1.92. The molecule has 0 atom stereocenters. The number of anilines is 1. The van der Waals surface area contributed by atoms with E-state index in [0.717, 1.165) is 0 Å². The van der Waals surface area contributed by atoms with Crippen LogP contribution in [0.5, 0.6) is 0 Å². The number of rotatable bonds is 5. The molecule has 7 heteroatoms. The molecule has 24 heavy (non-hydrogen) atoms.